The van der Waals surface area contributed by atoms with Crippen LogP contribution in [0.2, 0.25) is 0 Å². The molecule has 16 heavy (non-hydrogen) atoms. The molecular formula is C9H16BrN3O2S. The molecule has 0 saturated heterocycles. The normalized spacial score (nSPS) is 14.0. The minimum Gasteiger partial charge on any atom is -0.337 e. The molecule has 0 aliphatic heterocycles. The van der Waals surface area contributed by atoms with E-state index in [0.717, 1.165) is 6.42 Å². The van der Waals surface area contributed by atoms with Crippen LogP contribution in [0.5, 0.6) is 0 Å². The summed E-state index contributed by atoms with van der Waals surface area (Å²) in [5, 5.41) is 0.668. The van der Waals surface area contributed by atoms with Crippen LogP contribution in [0.15, 0.2) is 11.2 Å². The number of rotatable bonds is 5. The molecule has 92 valence electrons. The highest BCUT2D eigenvalue weighted by molar-refractivity contribution is 9.09. The molecule has 0 spiro atoms. The summed E-state index contributed by atoms with van der Waals surface area (Å²) >= 11 is 3.27. The Bertz CT molecular complexity index is 432. The molecule has 0 amide bonds. The predicted octanol–water partition coefficient (Wildman–Crippen LogP) is 1.18. The molecule has 1 N–H and O–H groups in total. The van der Waals surface area contributed by atoms with E-state index in [1.165, 1.54) is 6.20 Å². The number of sulfonamides is 1. The number of nitrogens with zero attached hydrogens (tertiary/aromatic N) is 2. The lowest BCUT2D eigenvalue weighted by Gasteiger charge is -2.12. The SMILES string of the molecule is CCC(CBr)NS(=O)(=O)c1cn(C)c(C)n1. The number of hydrogen-bond acceptors (Lipinski definition) is 3. The fourth-order valence-corrected chi connectivity index (χ4v) is 3.35. The number of alkyl halides is 1. The fourth-order valence-electron chi connectivity index (χ4n) is 1.16. The van der Waals surface area contributed by atoms with Gasteiger partial charge in [0.05, 0.1) is 0 Å². The number of aromatic nitrogens is 2. The van der Waals surface area contributed by atoms with Crippen LogP contribution in [0.4, 0.5) is 0 Å². The van der Waals surface area contributed by atoms with Gasteiger partial charge in [-0.05, 0) is 13.3 Å². The van der Waals surface area contributed by atoms with E-state index in [1.807, 2.05) is 6.92 Å². The molecule has 1 atom stereocenters. The number of halogens is 1. The van der Waals surface area contributed by atoms with E-state index in [-0.39, 0.29) is 11.1 Å². The molecule has 1 rings (SSSR count). The molecule has 0 bridgehead atoms. The summed E-state index contributed by atoms with van der Waals surface area (Å²) in [4.78, 5) is 4.00. The Kier molecular flexibility index (Phi) is 4.52. The quantitative estimate of drug-likeness (QED) is 0.831. The third-order valence-electron chi connectivity index (χ3n) is 2.36. The molecule has 0 aliphatic rings. The van der Waals surface area contributed by atoms with Crippen molar-refractivity contribution in [1.29, 1.82) is 0 Å². The zero-order valence-electron chi connectivity index (χ0n) is 9.57. The highest BCUT2D eigenvalue weighted by Gasteiger charge is 2.21. The summed E-state index contributed by atoms with van der Waals surface area (Å²) in [5.41, 5.74) is 0. The van der Waals surface area contributed by atoms with E-state index in [1.54, 1.807) is 18.5 Å². The van der Waals surface area contributed by atoms with E-state index in [9.17, 15) is 8.42 Å². The predicted molar refractivity (Wildman–Crippen MR) is 66.1 cm³/mol. The Hall–Kier alpha value is -0.400. The molecule has 0 fully saturated rings. The van der Waals surface area contributed by atoms with E-state index < -0.39 is 10.0 Å². The van der Waals surface area contributed by atoms with Crippen molar-refractivity contribution in [3.63, 3.8) is 0 Å². The monoisotopic (exact) mass is 309 g/mol. The molecule has 5 nitrogen and oxygen atoms in total. The molecule has 0 aromatic carbocycles. The molecule has 1 aromatic rings. The first-order chi connectivity index (χ1) is 7.40. The Labute approximate surface area is 104 Å². The van der Waals surface area contributed by atoms with Crippen molar-refractivity contribution >= 4 is 26.0 Å². The molecule has 0 saturated carbocycles. The molecule has 7 heteroatoms. The van der Waals surface area contributed by atoms with Crippen LogP contribution in [0, 0.1) is 6.92 Å². The molecule has 1 unspecified atom stereocenters. The fraction of sp³-hybridized carbons (Fsp3) is 0.667. The minimum atomic E-state index is -3.50. The van der Waals surface area contributed by atoms with E-state index in [2.05, 4.69) is 25.6 Å². The summed E-state index contributed by atoms with van der Waals surface area (Å²) in [6, 6.07) is -0.104. The lowest BCUT2D eigenvalue weighted by molar-refractivity contribution is 0.555. The van der Waals surface area contributed by atoms with Crippen LogP contribution in [0.25, 0.3) is 0 Å². The van der Waals surface area contributed by atoms with Crippen LogP contribution >= 0.6 is 15.9 Å². The topological polar surface area (TPSA) is 64.0 Å². The van der Waals surface area contributed by atoms with E-state index in [4.69, 9.17) is 0 Å². The van der Waals surface area contributed by atoms with Gasteiger partial charge in [0.15, 0.2) is 5.03 Å². The largest absolute Gasteiger partial charge is 0.337 e. The van der Waals surface area contributed by atoms with Gasteiger partial charge >= 0.3 is 0 Å². The van der Waals surface area contributed by atoms with Gasteiger partial charge in [-0.3, -0.25) is 0 Å². The molecular weight excluding hydrogens is 294 g/mol. The molecule has 1 heterocycles. The van der Waals surface area contributed by atoms with Crippen molar-refractivity contribution in [1.82, 2.24) is 14.3 Å². The first kappa shape index (κ1) is 13.7. The zero-order valence-corrected chi connectivity index (χ0v) is 12.0. The Morgan fingerprint density at radius 1 is 1.62 bits per heavy atom. The lowest BCUT2D eigenvalue weighted by Crippen LogP contribution is -2.35. The molecule has 0 aliphatic carbocycles. The van der Waals surface area contributed by atoms with Gasteiger partial charge in [0.1, 0.15) is 5.82 Å². The van der Waals surface area contributed by atoms with Crippen molar-refractivity contribution in [3.8, 4) is 0 Å². The second-order valence-corrected chi connectivity index (χ2v) is 5.93. The third-order valence-corrected chi connectivity index (χ3v) is 4.54. The Morgan fingerprint density at radius 2 is 2.25 bits per heavy atom. The maximum Gasteiger partial charge on any atom is 0.259 e. The summed E-state index contributed by atoms with van der Waals surface area (Å²) in [6.45, 7) is 3.69. The first-order valence-electron chi connectivity index (χ1n) is 4.99. The molecule has 0 radical (unpaired) electrons. The third kappa shape index (κ3) is 3.05. The average molecular weight is 310 g/mol. The first-order valence-corrected chi connectivity index (χ1v) is 7.59. The number of hydrogen-bond donors (Lipinski definition) is 1. The maximum absolute atomic E-state index is 11.9. The van der Waals surface area contributed by atoms with Crippen LogP contribution in [-0.4, -0.2) is 29.3 Å². The van der Waals surface area contributed by atoms with Gasteiger partial charge in [-0.15, -0.1) is 0 Å². The standard InChI is InChI=1S/C9H16BrN3O2S/c1-4-8(5-10)12-16(14,15)9-6-13(3)7(2)11-9/h6,8,12H,4-5H2,1-3H3. The number of imidazole rings is 1. The summed E-state index contributed by atoms with van der Waals surface area (Å²) in [7, 11) is -1.73. The van der Waals surface area contributed by atoms with Gasteiger partial charge in [-0.25, -0.2) is 18.1 Å². The van der Waals surface area contributed by atoms with Gasteiger partial charge in [0.2, 0.25) is 0 Å². The van der Waals surface area contributed by atoms with Crippen molar-refractivity contribution < 1.29 is 8.42 Å². The van der Waals surface area contributed by atoms with E-state index >= 15 is 0 Å². The van der Waals surface area contributed by atoms with Gasteiger partial charge in [-0.1, -0.05) is 22.9 Å². The van der Waals surface area contributed by atoms with Crippen molar-refractivity contribution in [2.24, 2.45) is 7.05 Å². The highest BCUT2D eigenvalue weighted by Crippen LogP contribution is 2.09. The molecule has 1 aromatic heterocycles. The summed E-state index contributed by atoms with van der Waals surface area (Å²) in [6.07, 6.45) is 2.24. The number of aryl methyl sites for hydroxylation is 2. The highest BCUT2D eigenvalue weighted by atomic mass is 79.9. The van der Waals surface area contributed by atoms with Crippen LogP contribution in [-0.2, 0) is 17.1 Å². The van der Waals surface area contributed by atoms with Crippen LogP contribution in [0.1, 0.15) is 19.2 Å². The van der Waals surface area contributed by atoms with Crippen molar-refractivity contribution in [2.45, 2.75) is 31.3 Å². The average Bonchev–Trinajstić information content (AvgIpc) is 2.56. The zero-order chi connectivity index (χ0) is 12.3. The smallest absolute Gasteiger partial charge is 0.259 e. The van der Waals surface area contributed by atoms with Crippen molar-refractivity contribution in [3.05, 3.63) is 12.0 Å². The van der Waals surface area contributed by atoms with Crippen LogP contribution in [0.3, 0.4) is 0 Å². The summed E-state index contributed by atoms with van der Waals surface area (Å²) < 4.78 is 28.1. The number of nitrogens with one attached hydrogen (secondary N) is 1. The minimum absolute atomic E-state index is 0.0758. The second kappa shape index (κ2) is 5.29. The Balaban J connectivity index is 2.94. The van der Waals surface area contributed by atoms with Crippen LogP contribution < -0.4 is 4.72 Å². The second-order valence-electron chi connectivity index (χ2n) is 3.62. The maximum atomic E-state index is 11.9. The Morgan fingerprint density at radius 3 is 2.62 bits per heavy atom. The van der Waals surface area contributed by atoms with Gasteiger partial charge < -0.3 is 4.57 Å². The lowest BCUT2D eigenvalue weighted by atomic mass is 10.3. The van der Waals surface area contributed by atoms with Gasteiger partial charge in [0.25, 0.3) is 10.0 Å². The van der Waals surface area contributed by atoms with Crippen molar-refractivity contribution in [2.75, 3.05) is 5.33 Å². The van der Waals surface area contributed by atoms with Gasteiger partial charge in [0, 0.05) is 24.6 Å². The summed E-state index contributed by atoms with van der Waals surface area (Å²) in [5.74, 6) is 0.673. The van der Waals surface area contributed by atoms with E-state index in [0.29, 0.717) is 11.2 Å². The van der Waals surface area contributed by atoms with Gasteiger partial charge in [-0.2, -0.15) is 0 Å².